The number of pyridine rings is 1. The fourth-order valence-electron chi connectivity index (χ4n) is 3.43. The fourth-order valence-corrected chi connectivity index (χ4v) is 3.43. The molecule has 2 unspecified atom stereocenters. The molecule has 2 nitrogen and oxygen atoms in total. The SMILES string of the molecule is CC(C)CNCC1CCC(C)(C)CC1c1cccnc1. The average molecular weight is 274 g/mol. The molecule has 0 aliphatic heterocycles. The minimum Gasteiger partial charge on any atom is -0.316 e. The normalized spacial score (nSPS) is 25.9. The van der Waals surface area contributed by atoms with Gasteiger partial charge in [-0.05, 0) is 67.2 Å². The van der Waals surface area contributed by atoms with E-state index in [2.05, 4.69) is 56.3 Å². The van der Waals surface area contributed by atoms with Crippen molar-refractivity contribution in [3.8, 4) is 0 Å². The molecule has 2 rings (SSSR count). The van der Waals surface area contributed by atoms with Crippen molar-refractivity contribution in [2.24, 2.45) is 17.3 Å². The molecular weight excluding hydrogens is 244 g/mol. The van der Waals surface area contributed by atoms with Crippen molar-refractivity contribution >= 4 is 0 Å². The molecule has 2 heteroatoms. The van der Waals surface area contributed by atoms with Crippen LogP contribution >= 0.6 is 0 Å². The van der Waals surface area contributed by atoms with Crippen molar-refractivity contribution in [3.05, 3.63) is 30.1 Å². The van der Waals surface area contributed by atoms with Crippen LogP contribution in [-0.2, 0) is 0 Å². The van der Waals surface area contributed by atoms with Gasteiger partial charge in [-0.15, -0.1) is 0 Å². The molecule has 1 aliphatic carbocycles. The van der Waals surface area contributed by atoms with Gasteiger partial charge in [-0.3, -0.25) is 4.98 Å². The Labute approximate surface area is 124 Å². The predicted octanol–water partition coefficient (Wildman–Crippen LogP) is 4.24. The predicted molar refractivity (Wildman–Crippen MR) is 85.8 cm³/mol. The standard InChI is InChI=1S/C18H30N2/c1-14(2)11-20-13-16-7-8-18(3,4)10-17(16)15-6-5-9-19-12-15/h5-6,9,12,14,16-17,20H,7-8,10-11,13H2,1-4H3. The summed E-state index contributed by atoms with van der Waals surface area (Å²) < 4.78 is 0. The maximum Gasteiger partial charge on any atom is 0.0302 e. The van der Waals surface area contributed by atoms with E-state index in [4.69, 9.17) is 0 Å². The van der Waals surface area contributed by atoms with E-state index in [0.29, 0.717) is 11.3 Å². The lowest BCUT2D eigenvalue weighted by atomic mass is 9.65. The third-order valence-corrected chi connectivity index (χ3v) is 4.61. The number of hydrogen-bond donors (Lipinski definition) is 1. The third kappa shape index (κ3) is 4.31. The molecule has 0 aromatic carbocycles. The number of rotatable bonds is 5. The summed E-state index contributed by atoms with van der Waals surface area (Å²) in [6.07, 6.45) is 7.91. The molecule has 1 heterocycles. The van der Waals surface area contributed by atoms with Crippen LogP contribution < -0.4 is 5.32 Å². The van der Waals surface area contributed by atoms with E-state index in [1.807, 2.05) is 6.20 Å². The molecule has 1 saturated carbocycles. The first kappa shape index (κ1) is 15.5. The maximum atomic E-state index is 4.33. The molecule has 0 bridgehead atoms. The Kier molecular flexibility index (Phi) is 5.20. The molecule has 0 radical (unpaired) electrons. The van der Waals surface area contributed by atoms with E-state index in [0.717, 1.165) is 24.9 Å². The second kappa shape index (κ2) is 6.71. The summed E-state index contributed by atoms with van der Waals surface area (Å²) >= 11 is 0. The van der Waals surface area contributed by atoms with Gasteiger partial charge in [0.2, 0.25) is 0 Å². The summed E-state index contributed by atoms with van der Waals surface area (Å²) in [6, 6.07) is 4.34. The first-order valence-electron chi connectivity index (χ1n) is 8.08. The number of nitrogens with zero attached hydrogens (tertiary/aromatic N) is 1. The van der Waals surface area contributed by atoms with Crippen molar-refractivity contribution in [3.63, 3.8) is 0 Å². The van der Waals surface area contributed by atoms with Crippen LogP contribution in [0.5, 0.6) is 0 Å². The van der Waals surface area contributed by atoms with Crippen molar-refractivity contribution in [1.29, 1.82) is 0 Å². The number of hydrogen-bond acceptors (Lipinski definition) is 2. The Morgan fingerprint density at radius 1 is 1.40 bits per heavy atom. The first-order chi connectivity index (χ1) is 9.48. The summed E-state index contributed by atoms with van der Waals surface area (Å²) in [4.78, 5) is 4.33. The van der Waals surface area contributed by atoms with Crippen molar-refractivity contribution in [2.45, 2.75) is 52.9 Å². The maximum absolute atomic E-state index is 4.33. The van der Waals surface area contributed by atoms with Gasteiger partial charge in [0.15, 0.2) is 0 Å². The Morgan fingerprint density at radius 3 is 2.85 bits per heavy atom. The average Bonchev–Trinajstić information content (AvgIpc) is 2.40. The van der Waals surface area contributed by atoms with Crippen molar-refractivity contribution in [2.75, 3.05) is 13.1 Å². The third-order valence-electron chi connectivity index (χ3n) is 4.61. The smallest absolute Gasteiger partial charge is 0.0302 e. The topological polar surface area (TPSA) is 24.9 Å². The monoisotopic (exact) mass is 274 g/mol. The summed E-state index contributed by atoms with van der Waals surface area (Å²) in [5.74, 6) is 2.14. The largest absolute Gasteiger partial charge is 0.316 e. The number of nitrogens with one attached hydrogen (secondary N) is 1. The van der Waals surface area contributed by atoms with Crippen LogP contribution in [0.2, 0.25) is 0 Å². The molecule has 2 atom stereocenters. The highest BCUT2D eigenvalue weighted by Gasteiger charge is 2.35. The van der Waals surface area contributed by atoms with Gasteiger partial charge in [0, 0.05) is 12.4 Å². The van der Waals surface area contributed by atoms with Crippen LogP contribution in [0.3, 0.4) is 0 Å². The van der Waals surface area contributed by atoms with Crippen LogP contribution in [0.25, 0.3) is 0 Å². The van der Waals surface area contributed by atoms with Gasteiger partial charge < -0.3 is 5.32 Å². The minimum absolute atomic E-state index is 0.467. The molecule has 0 amide bonds. The van der Waals surface area contributed by atoms with E-state index >= 15 is 0 Å². The highest BCUT2D eigenvalue weighted by atomic mass is 14.9. The van der Waals surface area contributed by atoms with Gasteiger partial charge in [0.25, 0.3) is 0 Å². The van der Waals surface area contributed by atoms with Gasteiger partial charge in [-0.25, -0.2) is 0 Å². The van der Waals surface area contributed by atoms with E-state index in [1.54, 1.807) is 0 Å². The van der Waals surface area contributed by atoms with Gasteiger partial charge in [-0.2, -0.15) is 0 Å². The zero-order valence-electron chi connectivity index (χ0n) is 13.5. The van der Waals surface area contributed by atoms with Crippen LogP contribution in [0.4, 0.5) is 0 Å². The lowest BCUT2D eigenvalue weighted by Gasteiger charge is -2.41. The number of aromatic nitrogens is 1. The van der Waals surface area contributed by atoms with Gasteiger partial charge in [-0.1, -0.05) is 33.8 Å². The zero-order valence-corrected chi connectivity index (χ0v) is 13.5. The Hall–Kier alpha value is -0.890. The summed E-state index contributed by atoms with van der Waals surface area (Å²) in [6.45, 7) is 11.6. The molecule has 1 aromatic rings. The molecule has 1 aromatic heterocycles. The van der Waals surface area contributed by atoms with Crippen LogP contribution in [0.15, 0.2) is 24.5 Å². The quantitative estimate of drug-likeness (QED) is 0.869. The van der Waals surface area contributed by atoms with Crippen molar-refractivity contribution in [1.82, 2.24) is 10.3 Å². The van der Waals surface area contributed by atoms with E-state index in [-0.39, 0.29) is 0 Å². The molecule has 1 aliphatic rings. The first-order valence-corrected chi connectivity index (χ1v) is 8.08. The second-order valence-corrected chi connectivity index (χ2v) is 7.61. The lowest BCUT2D eigenvalue weighted by molar-refractivity contribution is 0.159. The Bertz CT molecular complexity index is 397. The van der Waals surface area contributed by atoms with Crippen molar-refractivity contribution < 1.29 is 0 Å². The Balaban J connectivity index is 2.05. The van der Waals surface area contributed by atoms with Crippen LogP contribution in [0, 0.1) is 17.3 Å². The van der Waals surface area contributed by atoms with Gasteiger partial charge in [0.1, 0.15) is 0 Å². The fraction of sp³-hybridized carbons (Fsp3) is 0.722. The molecular formula is C18H30N2. The Morgan fingerprint density at radius 2 is 2.20 bits per heavy atom. The molecule has 112 valence electrons. The van der Waals surface area contributed by atoms with Crippen LogP contribution in [-0.4, -0.2) is 18.1 Å². The van der Waals surface area contributed by atoms with E-state index in [9.17, 15) is 0 Å². The molecule has 1 N–H and O–H groups in total. The minimum atomic E-state index is 0.467. The van der Waals surface area contributed by atoms with Gasteiger partial charge in [0.05, 0.1) is 0 Å². The van der Waals surface area contributed by atoms with Gasteiger partial charge >= 0.3 is 0 Å². The summed E-state index contributed by atoms with van der Waals surface area (Å²) in [5.41, 5.74) is 1.89. The molecule has 0 saturated heterocycles. The van der Waals surface area contributed by atoms with Crippen LogP contribution in [0.1, 0.15) is 58.4 Å². The van der Waals surface area contributed by atoms with E-state index in [1.165, 1.54) is 24.8 Å². The van der Waals surface area contributed by atoms with E-state index < -0.39 is 0 Å². The highest BCUT2D eigenvalue weighted by Crippen LogP contribution is 2.46. The molecule has 1 fully saturated rings. The summed E-state index contributed by atoms with van der Waals surface area (Å²) in [7, 11) is 0. The molecule has 20 heavy (non-hydrogen) atoms. The highest BCUT2D eigenvalue weighted by molar-refractivity contribution is 5.17. The molecule has 0 spiro atoms. The lowest BCUT2D eigenvalue weighted by Crippen LogP contribution is -2.36. The summed E-state index contributed by atoms with van der Waals surface area (Å²) in [5, 5.41) is 3.66. The zero-order chi connectivity index (χ0) is 14.6. The second-order valence-electron chi connectivity index (χ2n) is 7.61.